The molecule has 18 heavy (non-hydrogen) atoms. The summed E-state index contributed by atoms with van der Waals surface area (Å²) in [5.74, 6) is 0.390. The van der Waals surface area contributed by atoms with Crippen molar-refractivity contribution in [3.8, 4) is 0 Å². The van der Waals surface area contributed by atoms with Crippen molar-refractivity contribution in [2.45, 2.75) is 13.0 Å². The Hall–Kier alpha value is -1.52. The van der Waals surface area contributed by atoms with E-state index in [4.69, 9.17) is 27.6 Å². The average Bonchev–Trinajstić information content (AvgIpc) is 2.86. The van der Waals surface area contributed by atoms with Gasteiger partial charge in [-0.05, 0) is 25.1 Å². The molecular weight excluding hydrogens is 275 g/mol. The molecule has 1 N–H and O–H groups in total. The number of carbonyl (C=O) groups is 1. The fraction of sp³-hybridized carbons (Fsp3) is 0.167. The normalized spacial score (nSPS) is 12.2. The second-order valence-corrected chi connectivity index (χ2v) is 4.47. The molecule has 0 saturated heterocycles. The zero-order valence-electron chi connectivity index (χ0n) is 9.48. The van der Waals surface area contributed by atoms with Gasteiger partial charge < -0.3 is 9.73 Å². The third-order valence-corrected chi connectivity index (χ3v) is 3.06. The van der Waals surface area contributed by atoms with E-state index in [0.717, 1.165) is 0 Å². The molecule has 94 valence electrons. The van der Waals surface area contributed by atoms with E-state index in [0.29, 0.717) is 11.3 Å². The van der Waals surface area contributed by atoms with Crippen molar-refractivity contribution >= 4 is 29.1 Å². The number of nitrogens with zero attached hydrogens (tertiary/aromatic N) is 1. The summed E-state index contributed by atoms with van der Waals surface area (Å²) in [6.07, 6.45) is 2.93. The van der Waals surface area contributed by atoms with Gasteiger partial charge in [-0.1, -0.05) is 23.2 Å². The Balaban J connectivity index is 2.10. The molecule has 1 atom stereocenters. The van der Waals surface area contributed by atoms with E-state index < -0.39 is 0 Å². The minimum atomic E-state index is -0.287. The minimum Gasteiger partial charge on any atom is -0.467 e. The number of hydrogen-bond acceptors (Lipinski definition) is 3. The van der Waals surface area contributed by atoms with Gasteiger partial charge in [0.1, 0.15) is 10.9 Å². The number of carbonyl (C=O) groups excluding carboxylic acids is 1. The molecule has 0 spiro atoms. The van der Waals surface area contributed by atoms with Crippen LogP contribution >= 0.6 is 23.2 Å². The first kappa shape index (κ1) is 12.9. The van der Waals surface area contributed by atoms with Gasteiger partial charge in [-0.3, -0.25) is 4.79 Å². The van der Waals surface area contributed by atoms with Gasteiger partial charge in [0.2, 0.25) is 0 Å². The fourth-order valence-corrected chi connectivity index (χ4v) is 1.70. The zero-order valence-corrected chi connectivity index (χ0v) is 11.0. The van der Waals surface area contributed by atoms with Crippen LogP contribution < -0.4 is 5.32 Å². The van der Waals surface area contributed by atoms with E-state index in [-0.39, 0.29) is 22.1 Å². The number of hydrogen-bond donors (Lipinski definition) is 1. The standard InChI is InChI=1S/C12H10Cl2N2O2/c1-7(10-3-2-4-18-10)16-12(17)8-5-9(13)11(14)15-6-8/h2-7H,1H3,(H,16,17). The lowest BCUT2D eigenvalue weighted by atomic mass is 10.2. The summed E-state index contributed by atoms with van der Waals surface area (Å²) < 4.78 is 5.20. The molecule has 1 amide bonds. The number of halogens is 2. The third kappa shape index (κ3) is 2.83. The van der Waals surface area contributed by atoms with Crippen LogP contribution in [0.3, 0.4) is 0 Å². The molecule has 0 aliphatic carbocycles. The van der Waals surface area contributed by atoms with Crippen molar-refractivity contribution in [2.24, 2.45) is 0 Å². The van der Waals surface area contributed by atoms with Crippen molar-refractivity contribution in [1.82, 2.24) is 10.3 Å². The van der Waals surface area contributed by atoms with Gasteiger partial charge >= 0.3 is 0 Å². The van der Waals surface area contributed by atoms with E-state index in [1.807, 2.05) is 6.92 Å². The lowest BCUT2D eigenvalue weighted by Gasteiger charge is -2.11. The highest BCUT2D eigenvalue weighted by Gasteiger charge is 2.14. The van der Waals surface area contributed by atoms with Gasteiger partial charge in [0.25, 0.3) is 5.91 Å². The smallest absolute Gasteiger partial charge is 0.253 e. The van der Waals surface area contributed by atoms with Crippen molar-refractivity contribution in [3.63, 3.8) is 0 Å². The molecule has 0 aromatic carbocycles. The summed E-state index contributed by atoms with van der Waals surface area (Å²) in [6.45, 7) is 1.82. The number of nitrogens with one attached hydrogen (secondary N) is 1. The summed E-state index contributed by atoms with van der Waals surface area (Å²) in [7, 11) is 0. The van der Waals surface area contributed by atoms with E-state index >= 15 is 0 Å². The molecule has 0 radical (unpaired) electrons. The van der Waals surface area contributed by atoms with Crippen molar-refractivity contribution in [2.75, 3.05) is 0 Å². The summed E-state index contributed by atoms with van der Waals surface area (Å²) >= 11 is 11.5. The summed E-state index contributed by atoms with van der Waals surface area (Å²) in [6, 6.07) is 4.79. The molecular formula is C12H10Cl2N2O2. The summed E-state index contributed by atoms with van der Waals surface area (Å²) in [5, 5.41) is 3.19. The highest BCUT2D eigenvalue weighted by Crippen LogP contribution is 2.20. The van der Waals surface area contributed by atoms with E-state index in [2.05, 4.69) is 10.3 Å². The maximum absolute atomic E-state index is 11.9. The first-order valence-corrected chi connectivity index (χ1v) is 5.99. The maximum Gasteiger partial charge on any atom is 0.253 e. The first-order valence-electron chi connectivity index (χ1n) is 5.23. The summed E-state index contributed by atoms with van der Waals surface area (Å²) in [4.78, 5) is 15.7. The third-order valence-electron chi connectivity index (χ3n) is 2.38. The van der Waals surface area contributed by atoms with Crippen LogP contribution in [0.2, 0.25) is 10.2 Å². The molecule has 4 nitrogen and oxygen atoms in total. The van der Waals surface area contributed by atoms with E-state index in [9.17, 15) is 4.79 Å². The lowest BCUT2D eigenvalue weighted by Crippen LogP contribution is -2.26. The van der Waals surface area contributed by atoms with Gasteiger partial charge in [-0.25, -0.2) is 4.98 Å². The van der Waals surface area contributed by atoms with Crippen LogP contribution in [-0.4, -0.2) is 10.9 Å². The molecule has 0 aliphatic heterocycles. The minimum absolute atomic E-state index is 0.173. The van der Waals surface area contributed by atoms with Crippen LogP contribution in [-0.2, 0) is 0 Å². The Bertz CT molecular complexity index is 555. The molecule has 0 saturated carbocycles. The second-order valence-electron chi connectivity index (χ2n) is 3.71. The Labute approximate surface area is 114 Å². The Morgan fingerprint density at radius 1 is 1.50 bits per heavy atom. The Kier molecular flexibility index (Phi) is 3.89. The van der Waals surface area contributed by atoms with Gasteiger partial charge in [-0.2, -0.15) is 0 Å². The number of rotatable bonds is 3. The van der Waals surface area contributed by atoms with Crippen molar-refractivity contribution in [3.05, 3.63) is 52.2 Å². The van der Waals surface area contributed by atoms with Crippen molar-refractivity contribution in [1.29, 1.82) is 0 Å². The molecule has 1 unspecified atom stereocenters. The predicted molar refractivity (Wildman–Crippen MR) is 68.8 cm³/mol. The molecule has 0 bridgehead atoms. The van der Waals surface area contributed by atoms with Gasteiger partial charge in [0, 0.05) is 6.20 Å². The van der Waals surface area contributed by atoms with Crippen molar-refractivity contribution < 1.29 is 9.21 Å². The topological polar surface area (TPSA) is 55.1 Å². The molecule has 2 aromatic rings. The maximum atomic E-state index is 11.9. The summed E-state index contributed by atoms with van der Waals surface area (Å²) in [5.41, 5.74) is 0.350. The van der Waals surface area contributed by atoms with E-state index in [1.54, 1.807) is 18.4 Å². The molecule has 2 heterocycles. The fourth-order valence-electron chi connectivity index (χ4n) is 1.43. The van der Waals surface area contributed by atoms with Crippen LogP contribution in [0.1, 0.15) is 29.1 Å². The Morgan fingerprint density at radius 2 is 2.28 bits per heavy atom. The molecule has 6 heteroatoms. The molecule has 2 aromatic heterocycles. The number of pyridine rings is 1. The van der Waals surface area contributed by atoms with Crippen LogP contribution in [0.15, 0.2) is 35.1 Å². The van der Waals surface area contributed by atoms with Gasteiger partial charge in [0.15, 0.2) is 0 Å². The van der Waals surface area contributed by atoms with Gasteiger partial charge in [-0.15, -0.1) is 0 Å². The predicted octanol–water partition coefficient (Wildman–Crippen LogP) is 3.47. The Morgan fingerprint density at radius 3 is 2.89 bits per heavy atom. The SMILES string of the molecule is CC(NC(=O)c1cnc(Cl)c(Cl)c1)c1ccco1. The monoisotopic (exact) mass is 284 g/mol. The van der Waals surface area contributed by atoms with Crippen LogP contribution in [0, 0.1) is 0 Å². The van der Waals surface area contributed by atoms with Crippen LogP contribution in [0.5, 0.6) is 0 Å². The number of aromatic nitrogens is 1. The van der Waals surface area contributed by atoms with Crippen LogP contribution in [0.4, 0.5) is 0 Å². The zero-order chi connectivity index (χ0) is 13.1. The number of furan rings is 1. The molecule has 0 fully saturated rings. The lowest BCUT2D eigenvalue weighted by molar-refractivity contribution is 0.0935. The van der Waals surface area contributed by atoms with Crippen LogP contribution in [0.25, 0.3) is 0 Å². The highest BCUT2D eigenvalue weighted by atomic mass is 35.5. The average molecular weight is 285 g/mol. The molecule has 0 aliphatic rings. The largest absolute Gasteiger partial charge is 0.467 e. The first-order chi connectivity index (χ1) is 8.58. The van der Waals surface area contributed by atoms with Gasteiger partial charge in [0.05, 0.1) is 22.9 Å². The quantitative estimate of drug-likeness (QED) is 0.878. The highest BCUT2D eigenvalue weighted by molar-refractivity contribution is 6.41. The molecule has 2 rings (SSSR count). The number of amides is 1. The van der Waals surface area contributed by atoms with E-state index in [1.165, 1.54) is 12.3 Å². The second kappa shape index (κ2) is 5.42.